The van der Waals surface area contributed by atoms with E-state index in [2.05, 4.69) is 15.3 Å². The van der Waals surface area contributed by atoms with Gasteiger partial charge in [0, 0.05) is 12.3 Å². The van der Waals surface area contributed by atoms with Crippen LogP contribution >= 0.6 is 23.4 Å². The number of hydrogen-bond acceptors (Lipinski definition) is 7. The molecular weight excluding hydrogens is 292 g/mol. The molecule has 1 aromatic rings. The molecule has 1 atom stereocenters. The summed E-state index contributed by atoms with van der Waals surface area (Å²) < 4.78 is 0. The fraction of sp³-hybridized carbons (Fsp3) is 0.600. The molecule has 0 amide bonds. The highest BCUT2D eigenvalue weighted by Gasteiger charge is 2.25. The van der Waals surface area contributed by atoms with Crippen LogP contribution < -0.4 is 5.32 Å². The quantitative estimate of drug-likeness (QED) is 0.470. The first-order valence-corrected chi connectivity index (χ1v) is 7.18. The molecule has 0 saturated carbocycles. The molecule has 1 aromatic heterocycles. The fourth-order valence-corrected chi connectivity index (χ4v) is 2.45. The van der Waals surface area contributed by atoms with Crippen molar-refractivity contribution in [2.24, 2.45) is 0 Å². The molecule has 19 heavy (non-hydrogen) atoms. The van der Waals surface area contributed by atoms with Gasteiger partial charge in [-0.15, -0.1) is 0 Å². The zero-order valence-corrected chi connectivity index (χ0v) is 12.4. The summed E-state index contributed by atoms with van der Waals surface area (Å²) in [4.78, 5) is 18.0. The molecule has 0 aliphatic carbocycles. The fourth-order valence-electron chi connectivity index (χ4n) is 1.51. The summed E-state index contributed by atoms with van der Waals surface area (Å²) in [6.45, 7) is 3.25. The van der Waals surface area contributed by atoms with E-state index in [1.165, 1.54) is 18.7 Å². The molecule has 0 aliphatic heterocycles. The molecule has 1 unspecified atom stereocenters. The molecule has 1 rings (SSSR count). The molecule has 7 nitrogen and oxygen atoms in total. The van der Waals surface area contributed by atoms with Crippen LogP contribution in [0.25, 0.3) is 0 Å². The Bertz CT molecular complexity index is 484. The van der Waals surface area contributed by atoms with Crippen molar-refractivity contribution in [3.05, 3.63) is 21.1 Å². The van der Waals surface area contributed by atoms with Crippen molar-refractivity contribution in [1.82, 2.24) is 9.97 Å². The van der Waals surface area contributed by atoms with Gasteiger partial charge in [0.15, 0.2) is 0 Å². The number of aromatic nitrogens is 2. The van der Waals surface area contributed by atoms with Crippen molar-refractivity contribution in [3.8, 4) is 0 Å². The summed E-state index contributed by atoms with van der Waals surface area (Å²) in [5, 5.41) is 23.7. The standard InChI is InChI=1S/C10H15ClN4O3S/c1-6-7(15(17)18)8(14-9(11)13-6)12-4-10(2,16)5-19-3/h16H,4-5H2,1-3H3,(H,12,13,14). The number of aliphatic hydroxyl groups is 1. The zero-order valence-electron chi connectivity index (χ0n) is 10.8. The summed E-state index contributed by atoms with van der Waals surface area (Å²) in [5.74, 6) is 0.509. The summed E-state index contributed by atoms with van der Waals surface area (Å²) in [5.41, 5.74) is -1.06. The van der Waals surface area contributed by atoms with Crippen molar-refractivity contribution >= 4 is 34.9 Å². The lowest BCUT2D eigenvalue weighted by molar-refractivity contribution is -0.385. The Hall–Kier alpha value is -1.12. The molecule has 0 aromatic carbocycles. The van der Waals surface area contributed by atoms with E-state index in [-0.39, 0.29) is 29.0 Å². The van der Waals surface area contributed by atoms with Crippen molar-refractivity contribution in [2.75, 3.05) is 23.9 Å². The SMILES string of the molecule is CSCC(C)(O)CNc1nc(Cl)nc(C)c1[N+](=O)[O-]. The lowest BCUT2D eigenvalue weighted by Gasteiger charge is -2.22. The molecule has 2 N–H and O–H groups in total. The Kier molecular flexibility index (Phi) is 5.33. The number of halogens is 1. The van der Waals surface area contributed by atoms with E-state index < -0.39 is 10.5 Å². The van der Waals surface area contributed by atoms with Crippen LogP contribution in [0.15, 0.2) is 0 Å². The summed E-state index contributed by atoms with van der Waals surface area (Å²) >= 11 is 7.16. The Balaban J connectivity index is 2.97. The molecule has 1 heterocycles. The predicted molar refractivity (Wildman–Crippen MR) is 75.9 cm³/mol. The van der Waals surface area contributed by atoms with Gasteiger partial charge in [-0.1, -0.05) is 0 Å². The second kappa shape index (κ2) is 6.36. The largest absolute Gasteiger partial charge is 0.387 e. The lowest BCUT2D eigenvalue weighted by Crippen LogP contribution is -2.36. The third-order valence-electron chi connectivity index (χ3n) is 2.31. The third kappa shape index (κ3) is 4.48. The van der Waals surface area contributed by atoms with E-state index in [1.807, 2.05) is 6.26 Å². The number of hydrogen-bond donors (Lipinski definition) is 2. The van der Waals surface area contributed by atoms with E-state index in [4.69, 9.17) is 11.6 Å². The minimum Gasteiger partial charge on any atom is -0.387 e. The molecule has 0 aliphatic rings. The first-order chi connectivity index (χ1) is 8.76. The van der Waals surface area contributed by atoms with Crippen LogP contribution in [-0.4, -0.2) is 44.2 Å². The molecule has 9 heteroatoms. The highest BCUT2D eigenvalue weighted by Crippen LogP contribution is 2.27. The average Bonchev–Trinajstić information content (AvgIpc) is 2.24. The van der Waals surface area contributed by atoms with Gasteiger partial charge in [-0.2, -0.15) is 16.7 Å². The number of aryl methyl sites for hydroxylation is 1. The van der Waals surface area contributed by atoms with Crippen LogP contribution in [0.3, 0.4) is 0 Å². The van der Waals surface area contributed by atoms with E-state index in [1.54, 1.807) is 6.92 Å². The normalized spacial score (nSPS) is 13.9. The number of nitrogens with one attached hydrogen (secondary N) is 1. The smallest absolute Gasteiger partial charge is 0.332 e. The topological polar surface area (TPSA) is 101 Å². The number of nitrogens with zero attached hydrogens (tertiary/aromatic N) is 3. The summed E-state index contributed by atoms with van der Waals surface area (Å²) in [7, 11) is 0. The maximum Gasteiger partial charge on any atom is 0.332 e. The van der Waals surface area contributed by atoms with Gasteiger partial charge in [-0.05, 0) is 31.7 Å². The maximum absolute atomic E-state index is 11.0. The van der Waals surface area contributed by atoms with Crippen molar-refractivity contribution in [3.63, 3.8) is 0 Å². The third-order valence-corrected chi connectivity index (χ3v) is 3.39. The van der Waals surface area contributed by atoms with E-state index in [0.29, 0.717) is 5.75 Å². The second-order valence-electron chi connectivity index (χ2n) is 4.32. The first-order valence-electron chi connectivity index (χ1n) is 5.40. The number of nitro groups is 1. The minimum atomic E-state index is -1.00. The minimum absolute atomic E-state index is 0.0175. The molecule has 0 radical (unpaired) electrons. The Morgan fingerprint density at radius 2 is 2.21 bits per heavy atom. The van der Waals surface area contributed by atoms with Gasteiger partial charge in [0.25, 0.3) is 0 Å². The van der Waals surface area contributed by atoms with Crippen LogP contribution in [0.4, 0.5) is 11.5 Å². The highest BCUT2D eigenvalue weighted by atomic mass is 35.5. The maximum atomic E-state index is 11.0. The molecule has 0 spiro atoms. The van der Waals surface area contributed by atoms with Gasteiger partial charge in [-0.3, -0.25) is 10.1 Å². The van der Waals surface area contributed by atoms with Crippen molar-refractivity contribution < 1.29 is 10.0 Å². The van der Waals surface area contributed by atoms with Gasteiger partial charge < -0.3 is 10.4 Å². The zero-order chi connectivity index (χ0) is 14.6. The molecule has 0 fully saturated rings. The van der Waals surface area contributed by atoms with E-state index >= 15 is 0 Å². The van der Waals surface area contributed by atoms with Crippen LogP contribution in [0, 0.1) is 17.0 Å². The molecular formula is C10H15ClN4O3S. The highest BCUT2D eigenvalue weighted by molar-refractivity contribution is 7.98. The number of anilines is 1. The van der Waals surface area contributed by atoms with Crippen molar-refractivity contribution in [2.45, 2.75) is 19.4 Å². The Morgan fingerprint density at radius 3 is 2.74 bits per heavy atom. The molecule has 106 valence electrons. The van der Waals surface area contributed by atoms with Crippen molar-refractivity contribution in [1.29, 1.82) is 0 Å². The number of rotatable bonds is 6. The van der Waals surface area contributed by atoms with E-state index in [0.717, 1.165) is 0 Å². The molecule has 0 saturated heterocycles. The van der Waals surface area contributed by atoms with Gasteiger partial charge in [0.05, 0.1) is 10.5 Å². The van der Waals surface area contributed by atoms with Gasteiger partial charge in [-0.25, -0.2) is 4.98 Å². The Labute approximate surface area is 119 Å². The van der Waals surface area contributed by atoms with Gasteiger partial charge in [0.2, 0.25) is 11.1 Å². The molecule has 0 bridgehead atoms. The summed E-state index contributed by atoms with van der Waals surface area (Å²) in [6.07, 6.45) is 1.86. The van der Waals surface area contributed by atoms with Crippen LogP contribution in [0.2, 0.25) is 5.28 Å². The predicted octanol–water partition coefficient (Wildman–Crippen LogP) is 1.87. The second-order valence-corrected chi connectivity index (χ2v) is 5.52. The first kappa shape index (κ1) is 15.9. The summed E-state index contributed by atoms with van der Waals surface area (Å²) in [6, 6.07) is 0. The monoisotopic (exact) mass is 306 g/mol. The Morgan fingerprint density at radius 1 is 1.58 bits per heavy atom. The average molecular weight is 307 g/mol. The number of thioether (sulfide) groups is 1. The lowest BCUT2D eigenvalue weighted by atomic mass is 10.1. The van der Waals surface area contributed by atoms with Crippen LogP contribution in [0.5, 0.6) is 0 Å². The van der Waals surface area contributed by atoms with Gasteiger partial charge >= 0.3 is 5.69 Å². The van der Waals surface area contributed by atoms with E-state index in [9.17, 15) is 15.2 Å². The van der Waals surface area contributed by atoms with Crippen LogP contribution in [-0.2, 0) is 0 Å². The van der Waals surface area contributed by atoms with Crippen LogP contribution in [0.1, 0.15) is 12.6 Å². The van der Waals surface area contributed by atoms with Gasteiger partial charge in [0.1, 0.15) is 5.69 Å².